The maximum absolute atomic E-state index is 9.60. The second kappa shape index (κ2) is 4.80. The van der Waals surface area contributed by atoms with Crippen LogP contribution in [-0.2, 0) is 15.5 Å². The van der Waals surface area contributed by atoms with Gasteiger partial charge in [-0.1, -0.05) is 6.92 Å². The van der Waals surface area contributed by atoms with Crippen LogP contribution in [0.15, 0.2) is 12.3 Å². The largest absolute Gasteiger partial charge is 0.740 e. The molecule has 0 aromatic carbocycles. The second-order valence-electron chi connectivity index (χ2n) is 1.08. The van der Waals surface area contributed by atoms with Gasteiger partial charge >= 0.3 is 0 Å². The van der Waals surface area contributed by atoms with Crippen LogP contribution >= 0.6 is 0 Å². The van der Waals surface area contributed by atoms with Gasteiger partial charge in [-0.25, -0.2) is 4.21 Å². The molecule has 0 amide bonds. The minimum atomic E-state index is -2.40. The summed E-state index contributed by atoms with van der Waals surface area (Å²) < 4.78 is 23.2. The third-order valence-corrected chi connectivity index (χ3v) is 0.734. The smallest absolute Gasteiger partial charge is 0.138 e. The SMILES string of the molecule is CCC=COS(=O)[O-]. The normalized spacial score (nSPS) is 14.2. The van der Waals surface area contributed by atoms with Crippen LogP contribution in [0.5, 0.6) is 0 Å². The molecule has 1 unspecified atom stereocenters. The van der Waals surface area contributed by atoms with Gasteiger partial charge in [-0.3, -0.25) is 0 Å². The van der Waals surface area contributed by atoms with Gasteiger partial charge in [-0.05, 0) is 12.5 Å². The molecule has 0 aromatic rings. The molecule has 8 heavy (non-hydrogen) atoms. The number of allylic oxidation sites excluding steroid dienone is 1. The second-order valence-corrected chi connectivity index (χ2v) is 1.68. The van der Waals surface area contributed by atoms with Crippen molar-refractivity contribution in [2.45, 2.75) is 13.3 Å². The minimum Gasteiger partial charge on any atom is -0.740 e. The highest BCUT2D eigenvalue weighted by molar-refractivity contribution is 7.74. The average molecular weight is 135 g/mol. The summed E-state index contributed by atoms with van der Waals surface area (Å²) in [7, 11) is 0. The van der Waals surface area contributed by atoms with E-state index in [4.69, 9.17) is 0 Å². The minimum absolute atomic E-state index is 0.775. The molecule has 0 aliphatic rings. The average Bonchev–Trinajstić information content (AvgIpc) is 1.66. The van der Waals surface area contributed by atoms with E-state index >= 15 is 0 Å². The lowest BCUT2D eigenvalue weighted by molar-refractivity contribution is 0.404. The molecular formula is C4H7O3S-. The van der Waals surface area contributed by atoms with Crippen molar-refractivity contribution in [3.8, 4) is 0 Å². The number of rotatable bonds is 3. The Morgan fingerprint density at radius 3 is 2.88 bits per heavy atom. The van der Waals surface area contributed by atoms with Crippen molar-refractivity contribution in [2.75, 3.05) is 0 Å². The Morgan fingerprint density at radius 2 is 2.50 bits per heavy atom. The maximum Gasteiger partial charge on any atom is 0.138 e. The van der Waals surface area contributed by atoms with Gasteiger partial charge in [-0.2, -0.15) is 0 Å². The van der Waals surface area contributed by atoms with Crippen LogP contribution in [0.3, 0.4) is 0 Å². The van der Waals surface area contributed by atoms with E-state index in [0.29, 0.717) is 0 Å². The van der Waals surface area contributed by atoms with Crippen LogP contribution < -0.4 is 0 Å². The van der Waals surface area contributed by atoms with E-state index in [1.165, 1.54) is 0 Å². The van der Waals surface area contributed by atoms with Gasteiger partial charge in [0.15, 0.2) is 0 Å². The zero-order chi connectivity index (χ0) is 6.41. The first-order valence-electron chi connectivity index (χ1n) is 2.18. The fourth-order valence-corrected chi connectivity index (χ4v) is 0.350. The van der Waals surface area contributed by atoms with Crippen LogP contribution in [0, 0.1) is 0 Å². The van der Waals surface area contributed by atoms with Crippen LogP contribution in [0.4, 0.5) is 0 Å². The molecule has 1 atom stereocenters. The monoisotopic (exact) mass is 135 g/mol. The third-order valence-electron chi connectivity index (χ3n) is 0.466. The molecule has 0 rings (SSSR count). The Morgan fingerprint density at radius 1 is 1.88 bits per heavy atom. The van der Waals surface area contributed by atoms with E-state index in [-0.39, 0.29) is 0 Å². The van der Waals surface area contributed by atoms with Crippen LogP contribution in [-0.4, -0.2) is 8.76 Å². The summed E-state index contributed by atoms with van der Waals surface area (Å²) in [5.74, 6) is 0. The van der Waals surface area contributed by atoms with Crippen molar-refractivity contribution in [3.05, 3.63) is 12.3 Å². The standard InChI is InChI=1S/C4H8O3S/c1-2-3-4-7-8(5)6/h3-4H,2H2,1H3,(H,5,6)/p-1. The van der Waals surface area contributed by atoms with Crippen molar-refractivity contribution >= 4 is 11.4 Å². The third kappa shape index (κ3) is 5.65. The molecule has 0 aliphatic heterocycles. The van der Waals surface area contributed by atoms with Gasteiger partial charge in [0.25, 0.3) is 0 Å². The van der Waals surface area contributed by atoms with Crippen molar-refractivity contribution in [3.63, 3.8) is 0 Å². The van der Waals surface area contributed by atoms with Crippen molar-refractivity contribution in [1.29, 1.82) is 0 Å². The summed E-state index contributed by atoms with van der Waals surface area (Å²) in [6.45, 7) is 1.88. The zero-order valence-corrected chi connectivity index (χ0v) is 5.31. The molecule has 0 saturated heterocycles. The topological polar surface area (TPSA) is 49.4 Å². The highest BCUT2D eigenvalue weighted by atomic mass is 32.2. The van der Waals surface area contributed by atoms with Crippen LogP contribution in [0.25, 0.3) is 0 Å². The molecule has 4 heteroatoms. The summed E-state index contributed by atoms with van der Waals surface area (Å²) >= 11 is -2.40. The molecule has 0 N–H and O–H groups in total. The zero-order valence-electron chi connectivity index (χ0n) is 4.49. The molecule has 0 spiro atoms. The lowest BCUT2D eigenvalue weighted by Crippen LogP contribution is -1.85. The van der Waals surface area contributed by atoms with Gasteiger partial charge in [0.05, 0.1) is 6.26 Å². The molecule has 0 saturated carbocycles. The highest BCUT2D eigenvalue weighted by Gasteiger charge is 1.70. The first-order valence-corrected chi connectivity index (χ1v) is 3.18. The molecule has 0 aromatic heterocycles. The van der Waals surface area contributed by atoms with Crippen molar-refractivity contribution in [1.82, 2.24) is 0 Å². The molecule has 3 nitrogen and oxygen atoms in total. The van der Waals surface area contributed by atoms with E-state index in [2.05, 4.69) is 4.18 Å². The fourth-order valence-electron chi connectivity index (χ4n) is 0.181. The Labute approximate surface area is 50.8 Å². The van der Waals surface area contributed by atoms with E-state index < -0.39 is 11.4 Å². The molecule has 0 fully saturated rings. The van der Waals surface area contributed by atoms with Crippen molar-refractivity contribution < 1.29 is 12.9 Å². The lowest BCUT2D eigenvalue weighted by Gasteiger charge is -1.98. The Kier molecular flexibility index (Phi) is 4.59. The summed E-state index contributed by atoms with van der Waals surface area (Å²) in [5, 5.41) is 0. The summed E-state index contributed by atoms with van der Waals surface area (Å²) in [4.78, 5) is 0. The molecule has 0 aliphatic carbocycles. The Hall–Kier alpha value is -0.350. The fraction of sp³-hybridized carbons (Fsp3) is 0.500. The molecule has 0 bridgehead atoms. The van der Waals surface area contributed by atoms with Gasteiger partial charge < -0.3 is 8.74 Å². The van der Waals surface area contributed by atoms with Gasteiger partial charge in [-0.15, -0.1) is 0 Å². The lowest BCUT2D eigenvalue weighted by atomic mass is 10.5. The first kappa shape index (κ1) is 7.65. The first-order chi connectivity index (χ1) is 3.77. The molecule has 48 valence electrons. The molecule has 0 radical (unpaired) electrons. The quantitative estimate of drug-likeness (QED) is 0.423. The summed E-state index contributed by atoms with van der Waals surface area (Å²) in [6.07, 6.45) is 3.52. The Balaban J connectivity index is 3.16. The van der Waals surface area contributed by atoms with E-state index in [1.54, 1.807) is 6.08 Å². The van der Waals surface area contributed by atoms with E-state index in [1.807, 2.05) is 6.92 Å². The number of hydrogen-bond donors (Lipinski definition) is 0. The van der Waals surface area contributed by atoms with E-state index in [0.717, 1.165) is 12.7 Å². The maximum atomic E-state index is 9.60. The summed E-state index contributed by atoms with van der Waals surface area (Å²) in [5.41, 5.74) is 0. The van der Waals surface area contributed by atoms with Crippen LogP contribution in [0.2, 0.25) is 0 Å². The Bertz CT molecular complexity index is 99.5. The molecule has 0 heterocycles. The van der Waals surface area contributed by atoms with Crippen molar-refractivity contribution in [2.24, 2.45) is 0 Å². The van der Waals surface area contributed by atoms with Crippen LogP contribution in [0.1, 0.15) is 13.3 Å². The number of hydrogen-bond acceptors (Lipinski definition) is 3. The van der Waals surface area contributed by atoms with E-state index in [9.17, 15) is 8.76 Å². The van der Waals surface area contributed by atoms with Gasteiger partial charge in [0.2, 0.25) is 0 Å². The molecular weight excluding hydrogens is 128 g/mol. The van der Waals surface area contributed by atoms with Gasteiger partial charge in [0.1, 0.15) is 11.4 Å². The van der Waals surface area contributed by atoms with Gasteiger partial charge in [0, 0.05) is 0 Å². The summed E-state index contributed by atoms with van der Waals surface area (Å²) in [6, 6.07) is 0. The predicted octanol–water partition coefficient (Wildman–Crippen LogP) is 0.721. The predicted molar refractivity (Wildman–Crippen MR) is 29.4 cm³/mol. The highest BCUT2D eigenvalue weighted by Crippen LogP contribution is 1.83.